The zero-order chi connectivity index (χ0) is 15.7. The summed E-state index contributed by atoms with van der Waals surface area (Å²) in [4.78, 5) is 23.3. The molecule has 0 saturated heterocycles. The third-order valence-electron chi connectivity index (χ3n) is 2.65. The van der Waals surface area contributed by atoms with E-state index in [2.05, 4.69) is 10.6 Å². The predicted octanol–water partition coefficient (Wildman–Crippen LogP) is -1.41. The Bertz CT molecular complexity index is 345. The monoisotopic (exact) mass is 286 g/mol. The van der Waals surface area contributed by atoms with E-state index in [-0.39, 0.29) is 11.9 Å². The van der Waals surface area contributed by atoms with E-state index in [1.165, 1.54) is 0 Å². The zero-order valence-electron chi connectivity index (χ0n) is 12.1. The van der Waals surface area contributed by atoms with Gasteiger partial charge in [-0.15, -0.1) is 0 Å². The maximum Gasteiger partial charge on any atom is 0.243 e. The van der Waals surface area contributed by atoms with Crippen LogP contribution in [0.15, 0.2) is 0 Å². The van der Waals surface area contributed by atoms with Crippen molar-refractivity contribution in [2.24, 2.45) is 23.1 Å². The third kappa shape index (κ3) is 8.44. The molecule has 0 aromatic rings. The number of hydrogen-bond donors (Lipinski definition) is 6. The molecule has 0 saturated carbocycles. The molecule has 0 heterocycles. The van der Waals surface area contributed by atoms with Crippen molar-refractivity contribution in [3.8, 4) is 0 Å². The molecule has 0 rings (SSSR count). The van der Waals surface area contributed by atoms with Crippen molar-refractivity contribution in [2.75, 3.05) is 6.54 Å². The molecule has 0 aliphatic rings. The second-order valence-corrected chi connectivity index (χ2v) is 5.18. The van der Waals surface area contributed by atoms with Crippen molar-refractivity contribution in [3.63, 3.8) is 0 Å². The van der Waals surface area contributed by atoms with E-state index in [1.54, 1.807) is 0 Å². The molecule has 0 radical (unpaired) electrons. The maximum atomic E-state index is 11.7. The van der Waals surface area contributed by atoms with E-state index in [1.807, 2.05) is 13.8 Å². The molecule has 0 aromatic heterocycles. The highest BCUT2D eigenvalue weighted by molar-refractivity contribution is 5.99. The quantitative estimate of drug-likeness (QED) is 0.183. The second kappa shape index (κ2) is 9.27. The van der Waals surface area contributed by atoms with Gasteiger partial charge in [-0.25, -0.2) is 0 Å². The molecule has 20 heavy (non-hydrogen) atoms. The van der Waals surface area contributed by atoms with Crippen LogP contribution in [0.3, 0.4) is 0 Å². The number of nitrogens with two attached hydrogens (primary N) is 3. The van der Waals surface area contributed by atoms with Gasteiger partial charge in [0, 0.05) is 6.54 Å². The lowest BCUT2D eigenvalue weighted by Gasteiger charge is -2.16. The van der Waals surface area contributed by atoms with Crippen molar-refractivity contribution >= 4 is 17.8 Å². The summed E-state index contributed by atoms with van der Waals surface area (Å²) in [6, 6.07) is -1.48. The van der Waals surface area contributed by atoms with Gasteiger partial charge in [0.1, 0.15) is 0 Å². The van der Waals surface area contributed by atoms with E-state index in [0.717, 1.165) is 0 Å². The van der Waals surface area contributed by atoms with Crippen molar-refractivity contribution in [1.29, 1.82) is 5.41 Å². The number of carbonyl (C=O) groups is 2. The molecule has 8 nitrogen and oxygen atoms in total. The Morgan fingerprint density at radius 1 is 1.15 bits per heavy atom. The van der Waals surface area contributed by atoms with E-state index in [9.17, 15) is 9.59 Å². The molecule has 0 aliphatic heterocycles. The van der Waals surface area contributed by atoms with Gasteiger partial charge < -0.3 is 22.5 Å². The van der Waals surface area contributed by atoms with Crippen LogP contribution < -0.4 is 27.8 Å². The van der Waals surface area contributed by atoms with Crippen LogP contribution in [0, 0.1) is 11.3 Å². The lowest BCUT2D eigenvalue weighted by Crippen LogP contribution is -2.49. The molecule has 0 fully saturated rings. The van der Waals surface area contributed by atoms with Crippen LogP contribution in [0.2, 0.25) is 0 Å². The largest absolute Gasteiger partial charge is 0.370 e. The third-order valence-corrected chi connectivity index (χ3v) is 2.65. The lowest BCUT2D eigenvalue weighted by molar-refractivity contribution is -0.132. The molecule has 0 bridgehead atoms. The summed E-state index contributed by atoms with van der Waals surface area (Å²) < 4.78 is 0. The highest BCUT2D eigenvalue weighted by Gasteiger charge is 2.20. The highest BCUT2D eigenvalue weighted by Crippen LogP contribution is 2.02. The first-order chi connectivity index (χ1) is 9.23. The average molecular weight is 286 g/mol. The zero-order valence-corrected chi connectivity index (χ0v) is 12.1. The normalized spacial score (nSPS) is 13.7. The summed E-state index contributed by atoms with van der Waals surface area (Å²) in [5.41, 5.74) is 16.4. The topological polar surface area (TPSA) is 160 Å². The van der Waals surface area contributed by atoms with E-state index in [0.29, 0.717) is 25.8 Å². The Hall–Kier alpha value is -1.67. The van der Waals surface area contributed by atoms with E-state index in [4.69, 9.17) is 22.6 Å². The van der Waals surface area contributed by atoms with Gasteiger partial charge in [0.2, 0.25) is 11.8 Å². The molecule has 0 unspecified atom stereocenters. The smallest absolute Gasteiger partial charge is 0.243 e. The Labute approximate surface area is 119 Å². The summed E-state index contributed by atoms with van der Waals surface area (Å²) in [6.07, 6.45) is 1.47. The van der Waals surface area contributed by atoms with Crippen LogP contribution in [-0.4, -0.2) is 36.4 Å². The van der Waals surface area contributed by atoms with Crippen LogP contribution in [-0.2, 0) is 9.59 Å². The SMILES string of the molecule is CC(C)C[C@H](N)C(=O)NC(=O)[C@@H](N)CCCNC(=N)N. The standard InChI is InChI=1S/C12H26N6O2/c1-7(2)6-9(14)11(20)18-10(19)8(13)4-3-5-17-12(15)16/h7-9H,3-6,13-14H2,1-2H3,(H4,15,16,17)(H,18,19,20)/t8-,9-/m0/s1. The van der Waals surface area contributed by atoms with Gasteiger partial charge >= 0.3 is 0 Å². The molecular formula is C12H26N6O2. The van der Waals surface area contributed by atoms with Crippen LogP contribution in [0.25, 0.3) is 0 Å². The van der Waals surface area contributed by atoms with Crippen molar-refractivity contribution in [1.82, 2.24) is 10.6 Å². The number of nitrogens with one attached hydrogen (secondary N) is 3. The Balaban J connectivity index is 4.00. The summed E-state index contributed by atoms with van der Waals surface area (Å²) in [5.74, 6) is -0.881. The molecule has 2 amide bonds. The fourth-order valence-corrected chi connectivity index (χ4v) is 1.60. The summed E-state index contributed by atoms with van der Waals surface area (Å²) in [5, 5.41) is 11.8. The first-order valence-corrected chi connectivity index (χ1v) is 6.67. The molecule has 2 atom stereocenters. The summed E-state index contributed by atoms with van der Waals surface area (Å²) in [6.45, 7) is 4.35. The Morgan fingerprint density at radius 3 is 2.20 bits per heavy atom. The predicted molar refractivity (Wildman–Crippen MR) is 77.7 cm³/mol. The minimum atomic E-state index is -0.779. The number of rotatable bonds is 8. The van der Waals surface area contributed by atoms with Gasteiger partial charge in [0.05, 0.1) is 12.1 Å². The van der Waals surface area contributed by atoms with Gasteiger partial charge in [-0.2, -0.15) is 0 Å². The molecule has 8 heteroatoms. The van der Waals surface area contributed by atoms with Gasteiger partial charge in [-0.3, -0.25) is 20.3 Å². The van der Waals surface area contributed by atoms with Crippen molar-refractivity contribution in [2.45, 2.75) is 45.2 Å². The molecule has 0 aromatic carbocycles. The first kappa shape index (κ1) is 18.3. The summed E-state index contributed by atoms with van der Waals surface area (Å²) in [7, 11) is 0. The number of amides is 2. The molecule has 0 spiro atoms. The van der Waals surface area contributed by atoms with Crippen LogP contribution in [0.1, 0.15) is 33.1 Å². The van der Waals surface area contributed by atoms with Crippen LogP contribution in [0.4, 0.5) is 0 Å². The lowest BCUT2D eigenvalue weighted by atomic mass is 10.0. The minimum Gasteiger partial charge on any atom is -0.370 e. The Kier molecular flexibility index (Phi) is 8.49. The van der Waals surface area contributed by atoms with Gasteiger partial charge in [0.15, 0.2) is 5.96 Å². The van der Waals surface area contributed by atoms with Crippen LogP contribution in [0.5, 0.6) is 0 Å². The number of hydrogen-bond acceptors (Lipinski definition) is 5. The van der Waals surface area contributed by atoms with Crippen LogP contribution >= 0.6 is 0 Å². The van der Waals surface area contributed by atoms with Crippen molar-refractivity contribution < 1.29 is 9.59 Å². The van der Waals surface area contributed by atoms with E-state index >= 15 is 0 Å². The Morgan fingerprint density at radius 2 is 1.70 bits per heavy atom. The molecule has 9 N–H and O–H groups in total. The number of imide groups is 1. The average Bonchev–Trinajstić information content (AvgIpc) is 2.32. The summed E-state index contributed by atoms with van der Waals surface area (Å²) >= 11 is 0. The molecular weight excluding hydrogens is 260 g/mol. The first-order valence-electron chi connectivity index (χ1n) is 6.67. The van der Waals surface area contributed by atoms with E-state index < -0.39 is 23.9 Å². The number of guanidine groups is 1. The molecule has 0 aliphatic carbocycles. The molecule has 116 valence electrons. The highest BCUT2D eigenvalue weighted by atomic mass is 16.2. The fraction of sp³-hybridized carbons (Fsp3) is 0.750. The number of carbonyl (C=O) groups excluding carboxylic acids is 2. The minimum absolute atomic E-state index is 0.127. The van der Waals surface area contributed by atoms with Crippen molar-refractivity contribution in [3.05, 3.63) is 0 Å². The maximum absolute atomic E-state index is 11.7. The van der Waals surface area contributed by atoms with Gasteiger partial charge in [0.25, 0.3) is 0 Å². The van der Waals surface area contributed by atoms with Gasteiger partial charge in [-0.1, -0.05) is 13.8 Å². The van der Waals surface area contributed by atoms with Gasteiger partial charge in [-0.05, 0) is 25.2 Å². The second-order valence-electron chi connectivity index (χ2n) is 5.18. The fourth-order valence-electron chi connectivity index (χ4n) is 1.60.